The van der Waals surface area contributed by atoms with E-state index in [9.17, 15) is 4.79 Å². The van der Waals surface area contributed by atoms with Gasteiger partial charge in [-0.2, -0.15) is 0 Å². The summed E-state index contributed by atoms with van der Waals surface area (Å²) in [7, 11) is 2.10. The van der Waals surface area contributed by atoms with Gasteiger partial charge in [-0.05, 0) is 18.1 Å². The summed E-state index contributed by atoms with van der Waals surface area (Å²) in [5, 5.41) is 9.14. The van der Waals surface area contributed by atoms with Gasteiger partial charge in [-0.1, -0.05) is 18.2 Å². The Labute approximate surface area is 107 Å². The molecule has 2 aliphatic heterocycles. The second-order valence-electron chi connectivity index (χ2n) is 5.45. The highest BCUT2D eigenvalue weighted by Crippen LogP contribution is 2.43. The molecule has 0 bridgehead atoms. The molecule has 2 aliphatic rings. The second kappa shape index (κ2) is 3.90. The summed E-state index contributed by atoms with van der Waals surface area (Å²) in [6.07, 6.45) is -0.791. The second-order valence-corrected chi connectivity index (χ2v) is 5.45. The summed E-state index contributed by atoms with van der Waals surface area (Å²) in [6, 6.07) is 6.36. The fourth-order valence-electron chi connectivity index (χ4n) is 3.51. The lowest BCUT2D eigenvalue weighted by Crippen LogP contribution is -2.35. The van der Waals surface area contributed by atoms with Crippen LogP contribution in [0.2, 0.25) is 0 Å². The predicted octanol–water partition coefficient (Wildman–Crippen LogP) is 2.14. The molecule has 3 rings (SSSR count). The molecule has 1 amide bonds. The summed E-state index contributed by atoms with van der Waals surface area (Å²) in [5.41, 5.74) is 3.89. The van der Waals surface area contributed by atoms with Gasteiger partial charge in [-0.15, -0.1) is 0 Å². The highest BCUT2D eigenvalue weighted by molar-refractivity contribution is 5.68. The van der Waals surface area contributed by atoms with Crippen molar-refractivity contribution < 1.29 is 9.90 Å². The molecule has 0 saturated carbocycles. The van der Waals surface area contributed by atoms with Gasteiger partial charge in [0.05, 0.1) is 0 Å². The van der Waals surface area contributed by atoms with E-state index in [1.807, 2.05) is 0 Å². The molecule has 0 radical (unpaired) electrons. The third-order valence-corrected chi connectivity index (χ3v) is 4.27. The minimum atomic E-state index is -0.791. The number of rotatable bonds is 0. The van der Waals surface area contributed by atoms with Crippen LogP contribution in [0.1, 0.15) is 17.0 Å². The number of carboxylic acid groups (broad SMARTS) is 1. The van der Waals surface area contributed by atoms with Crippen LogP contribution in [0.5, 0.6) is 0 Å². The molecule has 2 heterocycles. The Morgan fingerprint density at radius 1 is 1.33 bits per heavy atom. The van der Waals surface area contributed by atoms with Crippen LogP contribution in [0.4, 0.5) is 10.5 Å². The molecule has 2 unspecified atom stereocenters. The molecule has 1 fully saturated rings. The van der Waals surface area contributed by atoms with Crippen molar-refractivity contribution in [1.82, 2.24) is 4.90 Å². The maximum absolute atomic E-state index is 11.1. The van der Waals surface area contributed by atoms with E-state index in [0.717, 1.165) is 6.54 Å². The van der Waals surface area contributed by atoms with E-state index in [1.165, 1.54) is 16.8 Å². The lowest BCUT2D eigenvalue weighted by Gasteiger charge is -2.36. The van der Waals surface area contributed by atoms with Gasteiger partial charge in [0, 0.05) is 44.2 Å². The van der Waals surface area contributed by atoms with Crippen molar-refractivity contribution in [1.29, 1.82) is 0 Å². The summed E-state index contributed by atoms with van der Waals surface area (Å²) in [4.78, 5) is 14.9. The first-order valence-electron chi connectivity index (χ1n) is 6.36. The van der Waals surface area contributed by atoms with Crippen LogP contribution in [-0.4, -0.2) is 42.8 Å². The number of hydrogen-bond donors (Lipinski definition) is 1. The third kappa shape index (κ3) is 1.55. The Morgan fingerprint density at radius 3 is 2.83 bits per heavy atom. The van der Waals surface area contributed by atoms with E-state index < -0.39 is 6.09 Å². The maximum Gasteiger partial charge on any atom is 0.407 e. The number of nitrogens with zero attached hydrogens (tertiary/aromatic N) is 2. The first-order valence-corrected chi connectivity index (χ1v) is 6.36. The molecule has 1 aromatic carbocycles. The van der Waals surface area contributed by atoms with E-state index in [0.29, 0.717) is 24.9 Å². The zero-order chi connectivity index (χ0) is 12.9. The molecule has 4 heteroatoms. The molecule has 2 atom stereocenters. The van der Waals surface area contributed by atoms with Gasteiger partial charge in [0.15, 0.2) is 0 Å². The van der Waals surface area contributed by atoms with Crippen LogP contribution >= 0.6 is 0 Å². The molecule has 1 saturated heterocycles. The number of carbonyl (C=O) groups is 1. The summed E-state index contributed by atoms with van der Waals surface area (Å²) in [5.74, 6) is 0.799. The average Bonchev–Trinajstić information content (AvgIpc) is 2.73. The summed E-state index contributed by atoms with van der Waals surface area (Å²) >= 11 is 0. The van der Waals surface area contributed by atoms with Gasteiger partial charge < -0.3 is 14.9 Å². The zero-order valence-corrected chi connectivity index (χ0v) is 10.8. The lowest BCUT2D eigenvalue weighted by molar-refractivity contribution is 0.154. The molecule has 0 spiro atoms. The van der Waals surface area contributed by atoms with E-state index in [4.69, 9.17) is 5.11 Å². The monoisotopic (exact) mass is 246 g/mol. The van der Waals surface area contributed by atoms with E-state index in [-0.39, 0.29) is 0 Å². The average molecular weight is 246 g/mol. The smallest absolute Gasteiger partial charge is 0.407 e. The van der Waals surface area contributed by atoms with E-state index in [2.05, 4.69) is 37.1 Å². The van der Waals surface area contributed by atoms with Gasteiger partial charge in [-0.3, -0.25) is 0 Å². The zero-order valence-electron chi connectivity index (χ0n) is 10.8. The molecule has 4 nitrogen and oxygen atoms in total. The molecular weight excluding hydrogens is 228 g/mol. The van der Waals surface area contributed by atoms with Gasteiger partial charge in [-0.25, -0.2) is 4.79 Å². The van der Waals surface area contributed by atoms with Crippen LogP contribution in [0.15, 0.2) is 18.2 Å². The molecule has 1 aromatic rings. The molecular formula is C14H18N2O2. The molecule has 1 N–H and O–H groups in total. The van der Waals surface area contributed by atoms with Crippen LogP contribution in [0.25, 0.3) is 0 Å². The number of fused-ring (bicyclic) bond motifs is 3. The van der Waals surface area contributed by atoms with Crippen molar-refractivity contribution >= 4 is 11.8 Å². The van der Waals surface area contributed by atoms with Crippen LogP contribution in [0, 0.1) is 12.8 Å². The van der Waals surface area contributed by atoms with Crippen molar-refractivity contribution in [3.8, 4) is 0 Å². The third-order valence-electron chi connectivity index (χ3n) is 4.27. The summed E-state index contributed by atoms with van der Waals surface area (Å²) < 4.78 is 0. The fraction of sp³-hybridized carbons (Fsp3) is 0.500. The normalized spacial score (nSPS) is 25.9. The Balaban J connectivity index is 2.01. The predicted molar refractivity (Wildman–Crippen MR) is 70.3 cm³/mol. The van der Waals surface area contributed by atoms with Crippen LogP contribution in [-0.2, 0) is 0 Å². The SMILES string of the molecule is Cc1cccc2c1N(C)CC1CN(C(=O)O)CC21. The maximum atomic E-state index is 11.1. The number of amides is 1. The highest BCUT2D eigenvalue weighted by Gasteiger charge is 2.41. The van der Waals surface area contributed by atoms with Gasteiger partial charge in [0.1, 0.15) is 0 Å². The van der Waals surface area contributed by atoms with Crippen LogP contribution < -0.4 is 4.90 Å². The number of aryl methyl sites for hydroxylation is 1. The number of anilines is 1. The topological polar surface area (TPSA) is 43.8 Å². The molecule has 96 valence electrons. The standard InChI is InChI=1S/C14H18N2O2/c1-9-4-3-5-11-12-8-16(14(17)18)7-10(12)6-15(2)13(9)11/h3-5,10,12H,6-8H2,1-2H3,(H,17,18). The molecule has 18 heavy (non-hydrogen) atoms. The van der Waals surface area contributed by atoms with Gasteiger partial charge in [0.2, 0.25) is 0 Å². The Bertz CT molecular complexity index is 501. The molecule has 0 aliphatic carbocycles. The highest BCUT2D eigenvalue weighted by atomic mass is 16.4. The Morgan fingerprint density at radius 2 is 2.11 bits per heavy atom. The first-order chi connectivity index (χ1) is 8.58. The Hall–Kier alpha value is -1.71. The largest absolute Gasteiger partial charge is 0.465 e. The van der Waals surface area contributed by atoms with Crippen molar-refractivity contribution in [2.45, 2.75) is 12.8 Å². The first kappa shape index (κ1) is 11.4. The minimum absolute atomic E-state index is 0.368. The summed E-state index contributed by atoms with van der Waals surface area (Å²) in [6.45, 7) is 4.38. The lowest BCUT2D eigenvalue weighted by atomic mass is 9.83. The fourth-order valence-corrected chi connectivity index (χ4v) is 3.51. The number of likely N-dealkylation sites (tertiary alicyclic amines) is 1. The number of para-hydroxylation sites is 1. The van der Waals surface area contributed by atoms with Crippen LogP contribution in [0.3, 0.4) is 0 Å². The number of hydrogen-bond acceptors (Lipinski definition) is 2. The quantitative estimate of drug-likeness (QED) is 0.762. The van der Waals surface area contributed by atoms with Gasteiger partial charge >= 0.3 is 6.09 Å². The molecule has 0 aromatic heterocycles. The Kier molecular flexibility index (Phi) is 2.47. The minimum Gasteiger partial charge on any atom is -0.465 e. The van der Waals surface area contributed by atoms with Crippen molar-refractivity contribution in [2.24, 2.45) is 5.92 Å². The van der Waals surface area contributed by atoms with E-state index >= 15 is 0 Å². The van der Waals surface area contributed by atoms with Crippen molar-refractivity contribution in [3.05, 3.63) is 29.3 Å². The van der Waals surface area contributed by atoms with Crippen molar-refractivity contribution in [2.75, 3.05) is 31.6 Å². The van der Waals surface area contributed by atoms with E-state index in [1.54, 1.807) is 4.90 Å². The number of benzene rings is 1. The van der Waals surface area contributed by atoms with Crippen molar-refractivity contribution in [3.63, 3.8) is 0 Å². The van der Waals surface area contributed by atoms with Gasteiger partial charge in [0.25, 0.3) is 0 Å².